The number of aryl methyl sites for hydroxylation is 1. The molecule has 2 aromatic carbocycles. The molecule has 0 atom stereocenters. The quantitative estimate of drug-likeness (QED) is 0.714. The maximum atomic E-state index is 12.1. The van der Waals surface area contributed by atoms with E-state index in [0.717, 1.165) is 36.7 Å². The number of hydrogen-bond donors (Lipinski definition) is 1. The molecule has 1 aliphatic rings. The predicted octanol–water partition coefficient (Wildman–Crippen LogP) is 5.23. The van der Waals surface area contributed by atoms with Crippen LogP contribution in [0, 0.1) is 5.92 Å². The maximum absolute atomic E-state index is 12.1. The number of fused-ring (bicyclic) bond motifs is 1. The zero-order valence-electron chi connectivity index (χ0n) is 13.5. The normalized spacial score (nSPS) is 15.7. The van der Waals surface area contributed by atoms with Gasteiger partial charge in [-0.15, -0.1) is 0 Å². The van der Waals surface area contributed by atoms with E-state index in [9.17, 15) is 4.79 Å². The highest BCUT2D eigenvalue weighted by Crippen LogP contribution is 2.25. The first-order valence-corrected chi connectivity index (χ1v) is 9.48. The Kier molecular flexibility index (Phi) is 5.71. The summed E-state index contributed by atoms with van der Waals surface area (Å²) in [6, 6.07) is 12.9. The molecule has 3 rings (SSSR count). The number of hydrogen-bond acceptors (Lipinski definition) is 1. The van der Waals surface area contributed by atoms with Gasteiger partial charge in [0, 0.05) is 16.9 Å². The lowest BCUT2D eigenvalue weighted by molar-refractivity contribution is -0.125. The number of nitrogens with one attached hydrogen (secondary N) is 1. The summed E-state index contributed by atoms with van der Waals surface area (Å²) in [7, 11) is 0. The molecule has 1 saturated carbocycles. The molecule has 3 heteroatoms. The van der Waals surface area contributed by atoms with Gasteiger partial charge in [-0.1, -0.05) is 59.5 Å². The molecular weight excluding hydrogens is 350 g/mol. The molecular formula is C20H24BrNO. The van der Waals surface area contributed by atoms with E-state index in [-0.39, 0.29) is 11.8 Å². The second-order valence-electron chi connectivity index (χ2n) is 6.51. The third-order valence-corrected chi connectivity index (χ3v) is 5.33. The van der Waals surface area contributed by atoms with E-state index >= 15 is 0 Å². The van der Waals surface area contributed by atoms with Crippen molar-refractivity contribution in [1.29, 1.82) is 0 Å². The Morgan fingerprint density at radius 2 is 1.96 bits per heavy atom. The van der Waals surface area contributed by atoms with Crippen LogP contribution >= 0.6 is 15.9 Å². The molecule has 0 radical (unpaired) electrons. The van der Waals surface area contributed by atoms with Crippen molar-refractivity contribution < 1.29 is 4.79 Å². The Morgan fingerprint density at radius 1 is 1.13 bits per heavy atom. The van der Waals surface area contributed by atoms with Crippen LogP contribution in [-0.4, -0.2) is 12.5 Å². The lowest BCUT2D eigenvalue weighted by Gasteiger charge is -2.20. The molecule has 0 spiro atoms. The summed E-state index contributed by atoms with van der Waals surface area (Å²) >= 11 is 3.55. The van der Waals surface area contributed by atoms with Crippen LogP contribution in [0.25, 0.3) is 10.8 Å². The van der Waals surface area contributed by atoms with Crippen molar-refractivity contribution >= 4 is 32.6 Å². The van der Waals surface area contributed by atoms with Crippen molar-refractivity contribution in [3.8, 4) is 0 Å². The molecule has 0 aliphatic heterocycles. The first-order chi connectivity index (χ1) is 11.2. The SMILES string of the molecule is O=C(NCCCc1cccc2ccc(Br)cc12)C1CCCCC1. The van der Waals surface area contributed by atoms with E-state index in [4.69, 9.17) is 0 Å². The van der Waals surface area contributed by atoms with Gasteiger partial charge in [0.25, 0.3) is 0 Å². The molecule has 2 nitrogen and oxygen atoms in total. The molecule has 1 fully saturated rings. The van der Waals surface area contributed by atoms with Crippen LogP contribution in [0.4, 0.5) is 0 Å². The second-order valence-corrected chi connectivity index (χ2v) is 7.43. The fourth-order valence-electron chi connectivity index (χ4n) is 3.53. The van der Waals surface area contributed by atoms with E-state index in [0.29, 0.717) is 0 Å². The van der Waals surface area contributed by atoms with Gasteiger partial charge in [-0.2, -0.15) is 0 Å². The number of benzene rings is 2. The van der Waals surface area contributed by atoms with Crippen molar-refractivity contribution in [3.63, 3.8) is 0 Å². The van der Waals surface area contributed by atoms with Crippen LogP contribution in [0.1, 0.15) is 44.1 Å². The summed E-state index contributed by atoms with van der Waals surface area (Å²) < 4.78 is 1.11. The van der Waals surface area contributed by atoms with Gasteiger partial charge in [0.15, 0.2) is 0 Å². The first-order valence-electron chi connectivity index (χ1n) is 8.69. The highest BCUT2D eigenvalue weighted by Gasteiger charge is 2.20. The molecule has 1 aliphatic carbocycles. The molecule has 0 bridgehead atoms. The minimum atomic E-state index is 0.261. The van der Waals surface area contributed by atoms with Crippen molar-refractivity contribution in [1.82, 2.24) is 5.32 Å². The van der Waals surface area contributed by atoms with Gasteiger partial charge in [-0.05, 0) is 54.2 Å². The molecule has 1 N–H and O–H groups in total. The number of halogens is 1. The van der Waals surface area contributed by atoms with Crippen LogP contribution in [0.15, 0.2) is 40.9 Å². The second kappa shape index (κ2) is 7.96. The number of carbonyl (C=O) groups is 1. The van der Waals surface area contributed by atoms with Crippen LogP contribution in [0.2, 0.25) is 0 Å². The van der Waals surface area contributed by atoms with Gasteiger partial charge in [-0.3, -0.25) is 4.79 Å². The lowest BCUT2D eigenvalue weighted by atomic mass is 9.88. The molecule has 122 valence electrons. The fourth-order valence-corrected chi connectivity index (χ4v) is 3.89. The van der Waals surface area contributed by atoms with Crippen molar-refractivity contribution in [2.45, 2.75) is 44.9 Å². The molecule has 1 amide bonds. The Balaban J connectivity index is 1.52. The third kappa shape index (κ3) is 4.35. The van der Waals surface area contributed by atoms with Crippen molar-refractivity contribution in [2.75, 3.05) is 6.54 Å². The fraction of sp³-hybridized carbons (Fsp3) is 0.450. The standard InChI is InChI=1S/C20H24BrNO/c21-18-12-11-16-9-4-8-15(19(16)14-18)10-5-13-22-20(23)17-6-2-1-3-7-17/h4,8-9,11-12,14,17H,1-3,5-7,10,13H2,(H,22,23). The zero-order valence-corrected chi connectivity index (χ0v) is 15.1. The maximum Gasteiger partial charge on any atom is 0.223 e. The smallest absolute Gasteiger partial charge is 0.223 e. The van der Waals surface area contributed by atoms with Gasteiger partial charge in [0.1, 0.15) is 0 Å². The van der Waals surface area contributed by atoms with Crippen LogP contribution in [-0.2, 0) is 11.2 Å². The van der Waals surface area contributed by atoms with Crippen LogP contribution in [0.5, 0.6) is 0 Å². The van der Waals surface area contributed by atoms with E-state index < -0.39 is 0 Å². The molecule has 0 unspecified atom stereocenters. The van der Waals surface area contributed by atoms with E-state index in [2.05, 4.69) is 57.6 Å². The molecule has 0 heterocycles. The van der Waals surface area contributed by atoms with Gasteiger partial charge >= 0.3 is 0 Å². The van der Waals surface area contributed by atoms with Gasteiger partial charge < -0.3 is 5.32 Å². The molecule has 2 aromatic rings. The summed E-state index contributed by atoms with van der Waals surface area (Å²) in [4.78, 5) is 12.1. The average Bonchev–Trinajstić information content (AvgIpc) is 2.59. The van der Waals surface area contributed by atoms with Gasteiger partial charge in [-0.25, -0.2) is 0 Å². The zero-order chi connectivity index (χ0) is 16.1. The average molecular weight is 374 g/mol. The monoisotopic (exact) mass is 373 g/mol. The predicted molar refractivity (Wildman–Crippen MR) is 99.6 cm³/mol. The highest BCUT2D eigenvalue weighted by molar-refractivity contribution is 9.10. The number of rotatable bonds is 5. The summed E-state index contributed by atoms with van der Waals surface area (Å²) in [5.74, 6) is 0.530. The number of carbonyl (C=O) groups excluding carboxylic acids is 1. The Hall–Kier alpha value is -1.35. The van der Waals surface area contributed by atoms with Crippen molar-refractivity contribution in [2.24, 2.45) is 5.92 Å². The van der Waals surface area contributed by atoms with Gasteiger partial charge in [0.05, 0.1) is 0 Å². The molecule has 0 saturated heterocycles. The minimum absolute atomic E-state index is 0.261. The van der Waals surface area contributed by atoms with E-state index in [1.165, 1.54) is 35.6 Å². The highest BCUT2D eigenvalue weighted by atomic mass is 79.9. The topological polar surface area (TPSA) is 29.1 Å². The van der Waals surface area contributed by atoms with E-state index in [1.807, 2.05) is 0 Å². The summed E-state index contributed by atoms with van der Waals surface area (Å²) in [6.45, 7) is 0.778. The Morgan fingerprint density at radius 3 is 2.78 bits per heavy atom. The summed E-state index contributed by atoms with van der Waals surface area (Å²) in [5, 5.41) is 5.71. The van der Waals surface area contributed by atoms with Gasteiger partial charge in [0.2, 0.25) is 5.91 Å². The third-order valence-electron chi connectivity index (χ3n) is 4.83. The van der Waals surface area contributed by atoms with Crippen LogP contribution in [0.3, 0.4) is 0 Å². The first kappa shape index (κ1) is 16.5. The van der Waals surface area contributed by atoms with E-state index in [1.54, 1.807) is 0 Å². The largest absolute Gasteiger partial charge is 0.356 e. The number of amides is 1. The minimum Gasteiger partial charge on any atom is -0.356 e. The van der Waals surface area contributed by atoms with Crippen LogP contribution < -0.4 is 5.32 Å². The summed E-state index contributed by atoms with van der Waals surface area (Å²) in [6.07, 6.45) is 7.85. The molecule has 23 heavy (non-hydrogen) atoms. The Labute approximate surface area is 146 Å². The Bertz CT molecular complexity index is 676. The summed E-state index contributed by atoms with van der Waals surface area (Å²) in [5.41, 5.74) is 1.36. The lowest BCUT2D eigenvalue weighted by Crippen LogP contribution is -2.32. The molecule has 0 aromatic heterocycles. The van der Waals surface area contributed by atoms with Crippen molar-refractivity contribution in [3.05, 3.63) is 46.4 Å².